The van der Waals surface area contributed by atoms with Crippen LogP contribution in [0, 0.1) is 11.2 Å². The summed E-state index contributed by atoms with van der Waals surface area (Å²) >= 11 is 0. The van der Waals surface area contributed by atoms with Gasteiger partial charge in [0, 0.05) is 0 Å². The van der Waals surface area contributed by atoms with Gasteiger partial charge >= 0.3 is 7.12 Å². The minimum Gasteiger partial charge on any atom is -0.423 e. The first kappa shape index (κ1) is 15.5. The van der Waals surface area contributed by atoms with Gasteiger partial charge in [-0.3, -0.25) is 0 Å². The number of rotatable bonds is 4. The Hall–Kier alpha value is -0.905. The van der Waals surface area contributed by atoms with E-state index in [1.54, 1.807) is 6.07 Å². The smallest absolute Gasteiger partial charge is 0.423 e. The molecule has 1 aliphatic carbocycles. The van der Waals surface area contributed by atoms with Gasteiger partial charge in [0.15, 0.2) is 0 Å². The molecular weight excluding hydrogens is 258 g/mol. The average Bonchev–Trinajstić information content (AvgIpc) is 2.37. The molecule has 1 saturated carbocycles. The number of benzene rings is 1. The van der Waals surface area contributed by atoms with E-state index < -0.39 is 12.9 Å². The average molecular weight is 280 g/mol. The first-order valence-corrected chi connectivity index (χ1v) is 7.13. The molecule has 1 aromatic rings. The normalized spacial score (nSPS) is 19.1. The zero-order valence-corrected chi connectivity index (χ0v) is 12.1. The van der Waals surface area contributed by atoms with E-state index in [-0.39, 0.29) is 11.6 Å². The summed E-state index contributed by atoms with van der Waals surface area (Å²) in [6.45, 7) is 4.85. The summed E-state index contributed by atoms with van der Waals surface area (Å²) < 4.78 is 19.2. The van der Waals surface area contributed by atoms with E-state index in [1.165, 1.54) is 6.07 Å². The number of hydrogen-bond donors (Lipinski definition) is 2. The molecule has 110 valence electrons. The third-order valence-electron chi connectivity index (χ3n) is 4.05. The minimum atomic E-state index is -1.65. The fourth-order valence-electron chi connectivity index (χ4n) is 2.66. The van der Waals surface area contributed by atoms with E-state index in [0.29, 0.717) is 17.6 Å². The second-order valence-corrected chi connectivity index (χ2v) is 6.44. The summed E-state index contributed by atoms with van der Waals surface area (Å²) in [4.78, 5) is 0. The number of halogens is 1. The van der Waals surface area contributed by atoms with Crippen LogP contribution in [0.1, 0.15) is 45.1 Å². The van der Waals surface area contributed by atoms with Crippen molar-refractivity contribution in [3.05, 3.63) is 29.6 Å². The highest BCUT2D eigenvalue weighted by molar-refractivity contribution is 6.58. The van der Waals surface area contributed by atoms with Gasteiger partial charge in [-0.05, 0) is 54.3 Å². The topological polar surface area (TPSA) is 49.7 Å². The van der Waals surface area contributed by atoms with Crippen molar-refractivity contribution in [2.24, 2.45) is 5.41 Å². The lowest BCUT2D eigenvalue weighted by Crippen LogP contribution is -2.31. The molecule has 2 rings (SSSR count). The largest absolute Gasteiger partial charge is 0.488 e. The van der Waals surface area contributed by atoms with Crippen molar-refractivity contribution in [3.8, 4) is 0 Å². The van der Waals surface area contributed by atoms with Gasteiger partial charge in [0.25, 0.3) is 0 Å². The highest BCUT2D eigenvalue weighted by Crippen LogP contribution is 2.36. The van der Waals surface area contributed by atoms with Crippen LogP contribution in [-0.2, 0) is 11.3 Å². The number of ether oxygens (including phenoxy) is 1. The van der Waals surface area contributed by atoms with Gasteiger partial charge < -0.3 is 14.8 Å². The Labute approximate surface area is 119 Å². The molecule has 20 heavy (non-hydrogen) atoms. The molecule has 0 saturated heterocycles. The van der Waals surface area contributed by atoms with E-state index >= 15 is 0 Å². The molecule has 0 unspecified atom stereocenters. The highest BCUT2D eigenvalue weighted by atomic mass is 19.1. The van der Waals surface area contributed by atoms with Gasteiger partial charge in [0.1, 0.15) is 5.82 Å². The monoisotopic (exact) mass is 280 g/mol. The van der Waals surface area contributed by atoms with Gasteiger partial charge in [-0.25, -0.2) is 4.39 Å². The Balaban J connectivity index is 1.91. The van der Waals surface area contributed by atoms with Crippen molar-refractivity contribution >= 4 is 12.6 Å². The van der Waals surface area contributed by atoms with Crippen LogP contribution < -0.4 is 5.46 Å². The molecule has 5 heteroatoms. The van der Waals surface area contributed by atoms with E-state index in [4.69, 9.17) is 14.8 Å². The lowest BCUT2D eigenvalue weighted by Gasteiger charge is -2.34. The van der Waals surface area contributed by atoms with Gasteiger partial charge in [-0.1, -0.05) is 19.9 Å². The molecular formula is C15H22BFO3. The predicted octanol–water partition coefficient (Wildman–Crippen LogP) is 1.99. The Kier molecular flexibility index (Phi) is 4.84. The van der Waals surface area contributed by atoms with E-state index in [0.717, 1.165) is 31.7 Å². The molecule has 0 atom stereocenters. The van der Waals surface area contributed by atoms with Gasteiger partial charge in [-0.2, -0.15) is 0 Å². The summed E-state index contributed by atoms with van der Waals surface area (Å²) in [7, 11) is -1.65. The Morgan fingerprint density at radius 2 is 1.90 bits per heavy atom. The molecule has 1 fully saturated rings. The van der Waals surface area contributed by atoms with Crippen LogP contribution >= 0.6 is 0 Å². The van der Waals surface area contributed by atoms with Gasteiger partial charge in [-0.15, -0.1) is 0 Å². The second kappa shape index (κ2) is 6.25. The fourth-order valence-corrected chi connectivity index (χ4v) is 2.66. The summed E-state index contributed by atoms with van der Waals surface area (Å²) in [5.41, 5.74) is 1.19. The molecule has 2 N–H and O–H groups in total. The molecule has 0 heterocycles. The van der Waals surface area contributed by atoms with E-state index in [2.05, 4.69) is 13.8 Å². The fraction of sp³-hybridized carbons (Fsp3) is 0.600. The zero-order chi connectivity index (χ0) is 14.8. The molecule has 0 amide bonds. The van der Waals surface area contributed by atoms with Crippen molar-refractivity contribution in [1.82, 2.24) is 0 Å². The van der Waals surface area contributed by atoms with E-state index in [9.17, 15) is 4.39 Å². The maximum atomic E-state index is 13.4. The molecule has 0 spiro atoms. The molecule has 0 radical (unpaired) electrons. The maximum Gasteiger partial charge on any atom is 0.488 e. The molecule has 3 nitrogen and oxygen atoms in total. The number of hydrogen-bond acceptors (Lipinski definition) is 3. The predicted molar refractivity (Wildman–Crippen MR) is 77.1 cm³/mol. The van der Waals surface area contributed by atoms with Crippen LogP contribution in [-0.4, -0.2) is 23.3 Å². The SMILES string of the molecule is CC1(C)CCC(OCc2cc(F)cc(B(O)O)c2)CC1. The van der Waals surface area contributed by atoms with Gasteiger partial charge in [0.2, 0.25) is 0 Å². The first-order chi connectivity index (χ1) is 9.35. The van der Waals surface area contributed by atoms with Crippen molar-refractivity contribution in [1.29, 1.82) is 0 Å². The van der Waals surface area contributed by atoms with Crippen molar-refractivity contribution in [2.45, 2.75) is 52.2 Å². The van der Waals surface area contributed by atoms with Crippen LogP contribution in [0.2, 0.25) is 0 Å². The third kappa shape index (κ3) is 4.30. The Morgan fingerprint density at radius 1 is 1.25 bits per heavy atom. The van der Waals surface area contributed by atoms with Crippen LogP contribution in [0.3, 0.4) is 0 Å². The Bertz CT molecular complexity index is 452. The minimum absolute atomic E-state index is 0.161. The van der Waals surface area contributed by atoms with Crippen LogP contribution in [0.4, 0.5) is 4.39 Å². The van der Waals surface area contributed by atoms with Crippen molar-refractivity contribution in [3.63, 3.8) is 0 Å². The van der Waals surface area contributed by atoms with Gasteiger partial charge in [0.05, 0.1) is 12.7 Å². The molecule has 0 bridgehead atoms. The van der Waals surface area contributed by atoms with Crippen molar-refractivity contribution in [2.75, 3.05) is 0 Å². The van der Waals surface area contributed by atoms with Crippen LogP contribution in [0.25, 0.3) is 0 Å². The molecule has 1 aliphatic rings. The quantitative estimate of drug-likeness (QED) is 0.829. The highest BCUT2D eigenvalue weighted by Gasteiger charge is 2.27. The van der Waals surface area contributed by atoms with E-state index in [1.807, 2.05) is 0 Å². The lowest BCUT2D eigenvalue weighted by atomic mass is 9.76. The lowest BCUT2D eigenvalue weighted by molar-refractivity contribution is -0.00564. The molecule has 0 aromatic heterocycles. The van der Waals surface area contributed by atoms with Crippen molar-refractivity contribution < 1.29 is 19.2 Å². The molecule has 1 aromatic carbocycles. The third-order valence-corrected chi connectivity index (χ3v) is 4.05. The summed E-state index contributed by atoms with van der Waals surface area (Å²) in [5.74, 6) is -0.473. The standard InChI is InChI=1S/C15H22BFO3/c1-15(2)5-3-14(4-6-15)20-10-11-7-12(16(18)19)9-13(17)8-11/h7-9,14,18-19H,3-6,10H2,1-2H3. The first-order valence-electron chi connectivity index (χ1n) is 7.13. The van der Waals surface area contributed by atoms with Crippen LogP contribution in [0.15, 0.2) is 18.2 Å². The Morgan fingerprint density at radius 3 is 2.50 bits per heavy atom. The van der Waals surface area contributed by atoms with Crippen LogP contribution in [0.5, 0.6) is 0 Å². The molecule has 0 aliphatic heterocycles. The summed E-state index contributed by atoms with van der Waals surface area (Å²) in [6, 6.07) is 4.07. The maximum absolute atomic E-state index is 13.4. The second-order valence-electron chi connectivity index (χ2n) is 6.44. The summed E-state index contributed by atoms with van der Waals surface area (Å²) in [6.07, 6.45) is 4.55. The zero-order valence-electron chi connectivity index (χ0n) is 12.1. The summed E-state index contributed by atoms with van der Waals surface area (Å²) in [5, 5.41) is 18.2.